The number of aromatic nitrogens is 1. The fraction of sp³-hybridized carbons (Fsp3) is 0.300. The molecular formula is C30H33NO3S. The molecule has 1 aromatic heterocycles. The van der Waals surface area contributed by atoms with Gasteiger partial charge in [0.15, 0.2) is 5.78 Å². The minimum atomic E-state index is -3.78. The van der Waals surface area contributed by atoms with Crippen LogP contribution in [-0.4, -0.2) is 18.2 Å². The highest BCUT2D eigenvalue weighted by Gasteiger charge is 2.34. The fourth-order valence-corrected chi connectivity index (χ4v) is 5.72. The summed E-state index contributed by atoms with van der Waals surface area (Å²) in [7, 11) is -3.78. The molecule has 0 spiro atoms. The lowest BCUT2D eigenvalue weighted by molar-refractivity contribution is -0.114. The van der Waals surface area contributed by atoms with Crippen LogP contribution in [-0.2, 0) is 14.8 Å². The van der Waals surface area contributed by atoms with E-state index in [1.54, 1.807) is 30.5 Å². The van der Waals surface area contributed by atoms with Crippen molar-refractivity contribution in [2.75, 3.05) is 0 Å². The van der Waals surface area contributed by atoms with Gasteiger partial charge >= 0.3 is 0 Å². The number of allylic oxidation sites excluding steroid dienone is 5. The highest BCUT2D eigenvalue weighted by Crippen LogP contribution is 2.39. The molecule has 1 heterocycles. The van der Waals surface area contributed by atoms with Gasteiger partial charge in [0.05, 0.1) is 10.4 Å². The summed E-state index contributed by atoms with van der Waals surface area (Å²) in [4.78, 5) is 13.5. The van der Waals surface area contributed by atoms with Crippen LogP contribution in [0.1, 0.15) is 52.7 Å². The summed E-state index contributed by atoms with van der Waals surface area (Å²) < 4.78 is 28.5. The molecule has 1 aliphatic rings. The Kier molecular flexibility index (Phi) is 6.05. The number of carbonyl (C=O) groups is 1. The maximum absolute atomic E-state index is 13.5. The van der Waals surface area contributed by atoms with Crippen LogP contribution < -0.4 is 0 Å². The SMILES string of the molecule is Cc1ccc(S(=O)(=O)n2cc(C=C3C=C(C(C)(C)C)C(=O)C(C(C)(C)C)=C3)c3ccccc32)cc1. The molecule has 4 rings (SSSR count). The monoisotopic (exact) mass is 487 g/mol. The average Bonchev–Trinajstić information content (AvgIpc) is 3.13. The lowest BCUT2D eigenvalue weighted by atomic mass is 9.72. The van der Waals surface area contributed by atoms with Crippen molar-refractivity contribution in [2.45, 2.75) is 53.4 Å². The maximum Gasteiger partial charge on any atom is 0.268 e. The third kappa shape index (κ3) is 4.70. The van der Waals surface area contributed by atoms with Gasteiger partial charge in [-0.3, -0.25) is 4.79 Å². The van der Waals surface area contributed by atoms with Crippen LogP contribution in [0.15, 0.2) is 88.5 Å². The molecule has 4 nitrogen and oxygen atoms in total. The van der Waals surface area contributed by atoms with E-state index < -0.39 is 10.0 Å². The average molecular weight is 488 g/mol. The van der Waals surface area contributed by atoms with Gasteiger partial charge in [0, 0.05) is 28.3 Å². The van der Waals surface area contributed by atoms with E-state index in [1.807, 2.05) is 91.0 Å². The van der Waals surface area contributed by atoms with Crippen molar-refractivity contribution in [1.29, 1.82) is 0 Å². The molecule has 1 aliphatic carbocycles. The van der Waals surface area contributed by atoms with Crippen molar-refractivity contribution in [1.82, 2.24) is 3.97 Å². The van der Waals surface area contributed by atoms with E-state index in [4.69, 9.17) is 0 Å². The number of hydrogen-bond acceptors (Lipinski definition) is 3. The summed E-state index contributed by atoms with van der Waals surface area (Å²) in [6.07, 6.45) is 7.54. The van der Waals surface area contributed by atoms with Crippen molar-refractivity contribution < 1.29 is 13.2 Å². The second-order valence-corrected chi connectivity index (χ2v) is 13.1. The fourth-order valence-electron chi connectivity index (χ4n) is 4.34. The Bertz CT molecular complexity index is 1480. The number of ketones is 1. The second kappa shape index (κ2) is 8.49. The lowest BCUT2D eigenvalue weighted by Gasteiger charge is -2.31. The summed E-state index contributed by atoms with van der Waals surface area (Å²) in [5.41, 5.74) is 4.17. The molecule has 0 amide bonds. The molecular weight excluding hydrogens is 454 g/mol. The number of carbonyl (C=O) groups excluding carboxylic acids is 1. The van der Waals surface area contributed by atoms with E-state index in [-0.39, 0.29) is 21.5 Å². The predicted molar refractivity (Wildman–Crippen MR) is 144 cm³/mol. The van der Waals surface area contributed by atoms with Crippen LogP contribution in [0.5, 0.6) is 0 Å². The van der Waals surface area contributed by atoms with Crippen LogP contribution >= 0.6 is 0 Å². The van der Waals surface area contributed by atoms with Gasteiger partial charge in [0.2, 0.25) is 0 Å². The smallest absolute Gasteiger partial charge is 0.268 e. The number of rotatable bonds is 3. The minimum Gasteiger partial charge on any atom is -0.289 e. The molecule has 0 N–H and O–H groups in total. The summed E-state index contributed by atoms with van der Waals surface area (Å²) in [5.74, 6) is 0.0755. The quantitative estimate of drug-likeness (QED) is 0.396. The zero-order chi connectivity index (χ0) is 25.8. The molecule has 0 saturated carbocycles. The van der Waals surface area contributed by atoms with E-state index in [2.05, 4.69) is 0 Å². The Balaban J connectivity index is 1.94. The van der Waals surface area contributed by atoms with Crippen LogP contribution in [0, 0.1) is 17.8 Å². The molecule has 182 valence electrons. The van der Waals surface area contributed by atoms with Crippen molar-refractivity contribution in [3.8, 4) is 0 Å². The van der Waals surface area contributed by atoms with Gasteiger partial charge in [0.1, 0.15) is 0 Å². The van der Waals surface area contributed by atoms with Gasteiger partial charge in [-0.25, -0.2) is 12.4 Å². The van der Waals surface area contributed by atoms with Crippen LogP contribution in [0.4, 0.5) is 0 Å². The Morgan fingerprint density at radius 3 is 1.89 bits per heavy atom. The van der Waals surface area contributed by atoms with E-state index >= 15 is 0 Å². The molecule has 0 saturated heterocycles. The second-order valence-electron chi connectivity index (χ2n) is 11.3. The first-order valence-corrected chi connectivity index (χ1v) is 13.3. The molecule has 2 aromatic carbocycles. The highest BCUT2D eigenvalue weighted by atomic mass is 32.2. The summed E-state index contributed by atoms with van der Waals surface area (Å²) in [6.45, 7) is 14.2. The number of para-hydroxylation sites is 1. The lowest BCUT2D eigenvalue weighted by Crippen LogP contribution is -2.27. The summed E-state index contributed by atoms with van der Waals surface area (Å²) >= 11 is 0. The van der Waals surface area contributed by atoms with E-state index in [9.17, 15) is 13.2 Å². The van der Waals surface area contributed by atoms with Crippen molar-refractivity contribution in [3.63, 3.8) is 0 Å². The van der Waals surface area contributed by atoms with Crippen LogP contribution in [0.3, 0.4) is 0 Å². The Hall–Kier alpha value is -3.18. The number of aryl methyl sites for hydroxylation is 1. The first-order valence-electron chi connectivity index (χ1n) is 11.8. The van der Waals surface area contributed by atoms with Crippen LogP contribution in [0.2, 0.25) is 0 Å². The summed E-state index contributed by atoms with van der Waals surface area (Å²) in [6, 6.07) is 14.4. The molecule has 3 aromatic rings. The van der Waals surface area contributed by atoms with Gasteiger partial charge in [-0.05, 0) is 59.8 Å². The number of nitrogens with zero attached hydrogens (tertiary/aromatic N) is 1. The van der Waals surface area contributed by atoms with Gasteiger partial charge in [0.25, 0.3) is 10.0 Å². The molecule has 0 fully saturated rings. The third-order valence-corrected chi connectivity index (χ3v) is 8.02. The van der Waals surface area contributed by atoms with Crippen LogP contribution in [0.25, 0.3) is 17.0 Å². The van der Waals surface area contributed by atoms with Gasteiger partial charge in [-0.2, -0.15) is 0 Å². The number of benzene rings is 2. The topological polar surface area (TPSA) is 56.1 Å². The van der Waals surface area contributed by atoms with Gasteiger partial charge in [-0.1, -0.05) is 77.4 Å². The first kappa shape index (κ1) is 24.9. The van der Waals surface area contributed by atoms with Gasteiger partial charge < -0.3 is 0 Å². The Morgan fingerprint density at radius 2 is 1.34 bits per heavy atom. The maximum atomic E-state index is 13.5. The largest absolute Gasteiger partial charge is 0.289 e. The van der Waals surface area contributed by atoms with Crippen molar-refractivity contribution in [2.24, 2.45) is 10.8 Å². The normalized spacial score (nSPS) is 15.3. The predicted octanol–water partition coefficient (Wildman–Crippen LogP) is 7.10. The Labute approximate surface area is 208 Å². The molecule has 35 heavy (non-hydrogen) atoms. The third-order valence-electron chi connectivity index (χ3n) is 6.34. The van der Waals surface area contributed by atoms with E-state index in [0.717, 1.165) is 33.2 Å². The number of fused-ring (bicyclic) bond motifs is 1. The minimum absolute atomic E-state index is 0.0755. The van der Waals surface area contributed by atoms with Crippen molar-refractivity contribution in [3.05, 3.63) is 94.7 Å². The zero-order valence-electron chi connectivity index (χ0n) is 21.5. The summed E-state index contributed by atoms with van der Waals surface area (Å²) in [5, 5.41) is 0.837. The first-order chi connectivity index (χ1) is 16.2. The van der Waals surface area contributed by atoms with Crippen molar-refractivity contribution >= 4 is 32.8 Å². The molecule has 0 radical (unpaired) electrons. The number of hydrogen-bond donors (Lipinski definition) is 0. The Morgan fingerprint density at radius 1 is 0.800 bits per heavy atom. The number of Topliss-reactive ketones (excluding diaryl/α,β-unsaturated/α-hetero) is 1. The molecule has 0 bridgehead atoms. The highest BCUT2D eigenvalue weighted by molar-refractivity contribution is 7.90. The van der Waals surface area contributed by atoms with E-state index in [0.29, 0.717) is 5.52 Å². The zero-order valence-corrected chi connectivity index (χ0v) is 22.3. The molecule has 0 aliphatic heterocycles. The molecule has 5 heteroatoms. The standard InChI is InChI=1S/C30H33NO3S/c1-20-12-14-23(15-13-20)35(33,34)31-19-22(24-10-8-9-11-27(24)31)16-21-17-25(29(2,3)4)28(32)26(18-21)30(5,6)7/h8-19H,1-7H3. The molecule has 0 atom stereocenters. The van der Waals surface area contributed by atoms with E-state index in [1.165, 1.54) is 3.97 Å². The molecule has 0 unspecified atom stereocenters. The van der Waals surface area contributed by atoms with Gasteiger partial charge in [-0.15, -0.1) is 0 Å².